The molecule has 0 aliphatic heterocycles. The van der Waals surface area contributed by atoms with Crippen molar-refractivity contribution in [1.29, 1.82) is 0 Å². The van der Waals surface area contributed by atoms with E-state index in [-0.39, 0.29) is 0 Å². The smallest absolute Gasteiger partial charge is 0.376 e. The van der Waals surface area contributed by atoms with E-state index in [1.165, 1.54) is 0 Å². The summed E-state index contributed by atoms with van der Waals surface area (Å²) in [4.78, 5) is 10.5. The molecule has 1 rings (SSSR count). The molecule has 4 nitrogen and oxygen atoms in total. The number of benzene rings is 1. The number of hydrogen-bond acceptors (Lipinski definition) is 3. The van der Waals surface area contributed by atoms with Crippen molar-refractivity contribution < 1.29 is 19.7 Å². The van der Waals surface area contributed by atoms with Crippen molar-refractivity contribution in [3.05, 3.63) is 30.3 Å². The Kier molecular flexibility index (Phi) is 2.53. The first-order valence-corrected chi connectivity index (χ1v) is 3.72. The van der Waals surface area contributed by atoms with Crippen LogP contribution in [-0.4, -0.2) is 22.0 Å². The first kappa shape index (κ1) is 9.54. The van der Waals surface area contributed by atoms with E-state index >= 15 is 0 Å². The maximum atomic E-state index is 10.5. The highest BCUT2D eigenvalue weighted by Gasteiger charge is 2.32. The summed E-state index contributed by atoms with van der Waals surface area (Å²) in [7, 11) is 0. The number of carboxylic acid groups (broad SMARTS) is 1. The maximum Gasteiger partial charge on any atom is 0.376 e. The molecule has 0 radical (unpaired) electrons. The Balaban J connectivity index is 2.75. The standard InChI is InChI=1S/C9H10O4/c1-9(12,8(10)11)13-7-5-3-2-4-6-7/h2-6,12H,1H3,(H,10,11)/t9-/m1/s1. The minimum absolute atomic E-state index is 0.315. The Morgan fingerprint density at radius 3 is 2.38 bits per heavy atom. The van der Waals surface area contributed by atoms with E-state index in [1.807, 2.05) is 0 Å². The van der Waals surface area contributed by atoms with Gasteiger partial charge in [-0.1, -0.05) is 18.2 Å². The largest absolute Gasteiger partial charge is 0.476 e. The molecule has 70 valence electrons. The highest BCUT2D eigenvalue weighted by molar-refractivity contribution is 5.75. The van der Waals surface area contributed by atoms with Crippen LogP contribution in [0.1, 0.15) is 6.92 Å². The highest BCUT2D eigenvalue weighted by atomic mass is 16.6. The lowest BCUT2D eigenvalue weighted by Gasteiger charge is -2.19. The van der Waals surface area contributed by atoms with Gasteiger partial charge in [-0.3, -0.25) is 0 Å². The van der Waals surface area contributed by atoms with Gasteiger partial charge in [0.1, 0.15) is 5.75 Å². The van der Waals surface area contributed by atoms with Crippen LogP contribution in [-0.2, 0) is 4.79 Å². The van der Waals surface area contributed by atoms with E-state index in [1.54, 1.807) is 30.3 Å². The number of carboxylic acids is 1. The van der Waals surface area contributed by atoms with Gasteiger partial charge >= 0.3 is 11.8 Å². The number of ether oxygens (including phenoxy) is 1. The zero-order chi connectivity index (χ0) is 9.90. The molecule has 1 atom stereocenters. The molecule has 13 heavy (non-hydrogen) atoms. The van der Waals surface area contributed by atoms with Gasteiger partial charge in [-0.2, -0.15) is 0 Å². The van der Waals surface area contributed by atoms with E-state index in [9.17, 15) is 9.90 Å². The summed E-state index contributed by atoms with van der Waals surface area (Å²) in [5.41, 5.74) is 0. The molecule has 0 aromatic heterocycles. The lowest BCUT2D eigenvalue weighted by Crippen LogP contribution is -2.41. The minimum Gasteiger partial charge on any atom is -0.476 e. The molecule has 0 unspecified atom stereocenters. The number of para-hydroxylation sites is 1. The Hall–Kier alpha value is -1.55. The molecule has 0 aliphatic carbocycles. The number of carbonyl (C=O) groups is 1. The average molecular weight is 182 g/mol. The second kappa shape index (κ2) is 3.45. The van der Waals surface area contributed by atoms with Gasteiger partial charge < -0.3 is 14.9 Å². The van der Waals surface area contributed by atoms with Crippen LogP contribution in [0.15, 0.2) is 30.3 Å². The summed E-state index contributed by atoms with van der Waals surface area (Å²) in [6, 6.07) is 8.28. The predicted octanol–water partition coefficient (Wildman–Crippen LogP) is 0.858. The molecule has 4 heteroatoms. The van der Waals surface area contributed by atoms with Gasteiger partial charge in [0.25, 0.3) is 0 Å². The zero-order valence-electron chi connectivity index (χ0n) is 7.10. The van der Waals surface area contributed by atoms with Crippen molar-refractivity contribution >= 4 is 5.97 Å². The predicted molar refractivity (Wildman–Crippen MR) is 45.3 cm³/mol. The topological polar surface area (TPSA) is 66.8 Å². The maximum absolute atomic E-state index is 10.5. The molecule has 0 heterocycles. The van der Waals surface area contributed by atoms with Gasteiger partial charge in [-0.25, -0.2) is 4.79 Å². The molecule has 1 aromatic rings. The first-order valence-electron chi connectivity index (χ1n) is 3.72. The van der Waals surface area contributed by atoms with Crippen molar-refractivity contribution in [3.63, 3.8) is 0 Å². The van der Waals surface area contributed by atoms with E-state index in [0.717, 1.165) is 6.92 Å². The van der Waals surface area contributed by atoms with Crippen molar-refractivity contribution in [2.45, 2.75) is 12.7 Å². The summed E-state index contributed by atoms with van der Waals surface area (Å²) >= 11 is 0. The van der Waals surface area contributed by atoms with Crippen molar-refractivity contribution in [2.75, 3.05) is 0 Å². The second-order valence-corrected chi connectivity index (χ2v) is 2.70. The minimum atomic E-state index is -2.18. The van der Waals surface area contributed by atoms with Gasteiger partial charge in [0.15, 0.2) is 0 Å². The molecule has 0 amide bonds. The summed E-state index contributed by atoms with van der Waals surface area (Å²) in [5, 5.41) is 17.8. The van der Waals surface area contributed by atoms with Crippen LogP contribution in [0.3, 0.4) is 0 Å². The van der Waals surface area contributed by atoms with Gasteiger partial charge in [-0.15, -0.1) is 0 Å². The molecule has 0 bridgehead atoms. The summed E-state index contributed by atoms with van der Waals surface area (Å²) in [5.74, 6) is -3.28. The van der Waals surface area contributed by atoms with Crippen LogP contribution in [0.2, 0.25) is 0 Å². The summed E-state index contributed by atoms with van der Waals surface area (Å²) in [6.45, 7) is 1.07. The molecule has 0 fully saturated rings. The van der Waals surface area contributed by atoms with Gasteiger partial charge in [0.05, 0.1) is 0 Å². The van der Waals surface area contributed by atoms with Gasteiger partial charge in [-0.05, 0) is 12.1 Å². The Morgan fingerprint density at radius 1 is 1.38 bits per heavy atom. The third-order valence-electron chi connectivity index (χ3n) is 1.46. The van der Waals surface area contributed by atoms with Crippen LogP contribution < -0.4 is 4.74 Å². The van der Waals surface area contributed by atoms with E-state index in [4.69, 9.17) is 9.84 Å². The molecule has 0 aliphatic rings. The molecule has 0 saturated heterocycles. The highest BCUT2D eigenvalue weighted by Crippen LogP contribution is 2.15. The summed E-state index contributed by atoms with van der Waals surface area (Å²) in [6.07, 6.45) is 0. The van der Waals surface area contributed by atoms with Crippen LogP contribution in [0.5, 0.6) is 5.75 Å². The summed E-state index contributed by atoms with van der Waals surface area (Å²) < 4.78 is 4.82. The number of aliphatic carboxylic acids is 1. The Labute approximate surface area is 75.4 Å². The van der Waals surface area contributed by atoms with Crippen molar-refractivity contribution in [1.82, 2.24) is 0 Å². The lowest BCUT2D eigenvalue weighted by molar-refractivity contribution is -0.188. The monoisotopic (exact) mass is 182 g/mol. The van der Waals surface area contributed by atoms with Crippen LogP contribution in [0.25, 0.3) is 0 Å². The first-order chi connectivity index (χ1) is 6.02. The second-order valence-electron chi connectivity index (χ2n) is 2.70. The van der Waals surface area contributed by atoms with E-state index in [2.05, 4.69) is 0 Å². The fourth-order valence-electron chi connectivity index (χ4n) is 0.762. The third kappa shape index (κ3) is 2.45. The van der Waals surface area contributed by atoms with Crippen LogP contribution in [0, 0.1) is 0 Å². The number of aliphatic hydroxyl groups is 1. The van der Waals surface area contributed by atoms with E-state index in [0.29, 0.717) is 5.75 Å². The molecular formula is C9H10O4. The Morgan fingerprint density at radius 2 is 1.92 bits per heavy atom. The van der Waals surface area contributed by atoms with Gasteiger partial charge in [0.2, 0.25) is 0 Å². The third-order valence-corrected chi connectivity index (χ3v) is 1.46. The molecule has 1 aromatic carbocycles. The zero-order valence-corrected chi connectivity index (χ0v) is 7.10. The normalized spacial score (nSPS) is 14.6. The molecule has 0 spiro atoms. The van der Waals surface area contributed by atoms with Crippen molar-refractivity contribution in [2.24, 2.45) is 0 Å². The number of rotatable bonds is 3. The molecule has 2 N–H and O–H groups in total. The molecular weight excluding hydrogens is 172 g/mol. The van der Waals surface area contributed by atoms with Crippen LogP contribution in [0.4, 0.5) is 0 Å². The fourth-order valence-corrected chi connectivity index (χ4v) is 0.762. The molecule has 0 saturated carbocycles. The van der Waals surface area contributed by atoms with E-state index < -0.39 is 11.8 Å². The van der Waals surface area contributed by atoms with Crippen LogP contribution >= 0.6 is 0 Å². The SMILES string of the molecule is C[C@@](O)(Oc1ccccc1)C(=O)O. The van der Waals surface area contributed by atoms with Gasteiger partial charge in [0, 0.05) is 6.92 Å². The Bertz CT molecular complexity index is 292. The fraction of sp³-hybridized carbons (Fsp3) is 0.222. The quantitative estimate of drug-likeness (QED) is 0.680. The average Bonchev–Trinajstić information content (AvgIpc) is 2.05. The van der Waals surface area contributed by atoms with Crippen molar-refractivity contribution in [3.8, 4) is 5.75 Å². The number of hydrogen-bond donors (Lipinski definition) is 2. The lowest BCUT2D eigenvalue weighted by atomic mass is 10.3.